The Morgan fingerprint density at radius 3 is 2.50 bits per heavy atom. The third-order valence-corrected chi connectivity index (χ3v) is 5.94. The number of aliphatic hydroxyl groups is 1. The second kappa shape index (κ2) is 9.72. The zero-order chi connectivity index (χ0) is 24.4. The molecule has 2 aromatic carbocycles. The molecule has 0 amide bonds. The van der Waals surface area contributed by atoms with Crippen LogP contribution >= 0.6 is 0 Å². The number of halogens is 1. The number of hydrogen-bond acceptors (Lipinski definition) is 6. The number of nitrogens with zero attached hydrogens (tertiary/aromatic N) is 3. The maximum Gasteiger partial charge on any atom is 0.332 e. The van der Waals surface area contributed by atoms with Crippen LogP contribution in [0.5, 0.6) is 5.75 Å². The fraction of sp³-hybridized carbons (Fsp3) is 0.360. The fourth-order valence-corrected chi connectivity index (χ4v) is 4.14. The van der Waals surface area contributed by atoms with Crippen molar-refractivity contribution in [2.75, 3.05) is 16.8 Å². The van der Waals surface area contributed by atoms with Gasteiger partial charge in [0.25, 0.3) is 11.9 Å². The van der Waals surface area contributed by atoms with Crippen LogP contribution in [0.2, 0.25) is 0 Å². The van der Waals surface area contributed by atoms with Gasteiger partial charge in [0, 0.05) is 26.7 Å². The normalized spacial score (nSPS) is 14.9. The summed E-state index contributed by atoms with van der Waals surface area (Å²) in [5.41, 5.74) is 1.13. The van der Waals surface area contributed by atoms with Gasteiger partial charge in [-0.15, -0.1) is 0 Å². The number of aromatic nitrogens is 2. The van der Waals surface area contributed by atoms with Crippen LogP contribution in [-0.4, -0.2) is 27.2 Å². The monoisotopic (exact) mass is 468 g/mol. The molecule has 3 aromatic rings. The summed E-state index contributed by atoms with van der Waals surface area (Å²) in [6.45, 7) is 4.35. The van der Waals surface area contributed by atoms with Crippen LogP contribution in [0.4, 0.5) is 15.9 Å². The summed E-state index contributed by atoms with van der Waals surface area (Å²) < 4.78 is 22.4. The van der Waals surface area contributed by atoms with Gasteiger partial charge in [-0.1, -0.05) is 44.2 Å². The van der Waals surface area contributed by atoms with Crippen molar-refractivity contribution in [2.45, 2.75) is 45.6 Å². The van der Waals surface area contributed by atoms with Crippen LogP contribution in [0.1, 0.15) is 37.3 Å². The molecule has 2 heterocycles. The maximum atomic E-state index is 13.5. The summed E-state index contributed by atoms with van der Waals surface area (Å²) in [5.74, 6) is 0.878. The molecule has 9 heteroatoms. The predicted octanol–water partition coefficient (Wildman–Crippen LogP) is 2.99. The SMILES string of the molecule is CC(C)c1ccccc1OC1Nc2c(c(=O)n(CCCO)c(=O)n2C)N1Cc1ccc(F)cc1. The number of anilines is 2. The van der Waals surface area contributed by atoms with E-state index in [2.05, 4.69) is 19.2 Å². The van der Waals surface area contributed by atoms with Gasteiger partial charge in [-0.3, -0.25) is 13.9 Å². The molecule has 8 nitrogen and oxygen atoms in total. The van der Waals surface area contributed by atoms with Crippen molar-refractivity contribution < 1.29 is 14.2 Å². The Kier molecular flexibility index (Phi) is 6.74. The van der Waals surface area contributed by atoms with E-state index in [0.717, 1.165) is 15.7 Å². The Bertz CT molecular complexity index is 1280. The highest BCUT2D eigenvalue weighted by molar-refractivity contribution is 5.71. The number of nitrogens with one attached hydrogen (secondary N) is 1. The number of benzene rings is 2. The average molecular weight is 469 g/mol. The molecule has 1 aliphatic rings. The van der Waals surface area contributed by atoms with E-state index in [1.54, 1.807) is 24.1 Å². The smallest absolute Gasteiger partial charge is 0.332 e. The summed E-state index contributed by atoms with van der Waals surface area (Å²) >= 11 is 0. The van der Waals surface area contributed by atoms with Crippen LogP contribution in [0.25, 0.3) is 0 Å². The van der Waals surface area contributed by atoms with Crippen LogP contribution in [-0.2, 0) is 20.1 Å². The Hall–Kier alpha value is -3.59. The maximum absolute atomic E-state index is 13.5. The molecule has 0 saturated carbocycles. The van der Waals surface area contributed by atoms with Crippen molar-refractivity contribution in [3.8, 4) is 5.75 Å². The summed E-state index contributed by atoms with van der Waals surface area (Å²) in [6.07, 6.45) is -0.493. The van der Waals surface area contributed by atoms with Gasteiger partial charge in [0.05, 0.1) is 0 Å². The van der Waals surface area contributed by atoms with E-state index < -0.39 is 17.6 Å². The third kappa shape index (κ3) is 4.43. The van der Waals surface area contributed by atoms with Gasteiger partial charge in [0.1, 0.15) is 23.1 Å². The topological polar surface area (TPSA) is 88.7 Å². The lowest BCUT2D eigenvalue weighted by atomic mass is 10.0. The lowest BCUT2D eigenvalue weighted by Crippen LogP contribution is -2.43. The van der Waals surface area contributed by atoms with E-state index in [9.17, 15) is 19.1 Å². The first-order chi connectivity index (χ1) is 16.3. The Morgan fingerprint density at radius 1 is 1.12 bits per heavy atom. The van der Waals surface area contributed by atoms with E-state index in [1.807, 2.05) is 24.3 Å². The number of rotatable bonds is 8. The lowest BCUT2D eigenvalue weighted by molar-refractivity contribution is 0.225. The molecule has 180 valence electrons. The molecular weight excluding hydrogens is 439 g/mol. The lowest BCUT2D eigenvalue weighted by Gasteiger charge is -2.28. The molecule has 1 unspecified atom stereocenters. The molecule has 0 radical (unpaired) electrons. The first-order valence-corrected chi connectivity index (χ1v) is 11.3. The van der Waals surface area contributed by atoms with Crippen molar-refractivity contribution in [2.24, 2.45) is 7.05 Å². The molecule has 0 fully saturated rings. The number of aliphatic hydroxyl groups excluding tert-OH is 1. The first kappa shape index (κ1) is 23.6. The quantitative estimate of drug-likeness (QED) is 0.529. The van der Waals surface area contributed by atoms with Gasteiger partial charge in [-0.05, 0) is 41.7 Å². The van der Waals surface area contributed by atoms with Crippen LogP contribution in [0, 0.1) is 5.82 Å². The third-order valence-electron chi connectivity index (χ3n) is 5.94. The van der Waals surface area contributed by atoms with E-state index in [1.165, 1.54) is 16.7 Å². The molecule has 4 rings (SSSR count). The second-order valence-electron chi connectivity index (χ2n) is 8.63. The Balaban J connectivity index is 1.80. The predicted molar refractivity (Wildman–Crippen MR) is 129 cm³/mol. The Morgan fingerprint density at radius 2 is 1.82 bits per heavy atom. The first-order valence-electron chi connectivity index (χ1n) is 11.3. The molecule has 0 spiro atoms. The van der Waals surface area contributed by atoms with Crippen LogP contribution in [0.3, 0.4) is 0 Å². The minimum Gasteiger partial charge on any atom is -0.452 e. The number of ether oxygens (including phenoxy) is 1. The van der Waals surface area contributed by atoms with Crippen LogP contribution in [0.15, 0.2) is 58.1 Å². The summed E-state index contributed by atoms with van der Waals surface area (Å²) in [5, 5.41) is 12.4. The largest absolute Gasteiger partial charge is 0.452 e. The van der Waals surface area contributed by atoms with Crippen molar-refractivity contribution in [3.05, 3.63) is 86.3 Å². The number of fused-ring (bicyclic) bond motifs is 1. The highest BCUT2D eigenvalue weighted by Gasteiger charge is 2.36. The molecule has 1 atom stereocenters. The van der Waals surface area contributed by atoms with Gasteiger partial charge >= 0.3 is 5.69 Å². The molecule has 0 aliphatic carbocycles. The van der Waals surface area contributed by atoms with E-state index >= 15 is 0 Å². The zero-order valence-corrected chi connectivity index (χ0v) is 19.5. The summed E-state index contributed by atoms with van der Waals surface area (Å²) in [7, 11) is 1.59. The van der Waals surface area contributed by atoms with Crippen molar-refractivity contribution >= 4 is 11.5 Å². The van der Waals surface area contributed by atoms with Gasteiger partial charge in [0.2, 0.25) is 0 Å². The van der Waals surface area contributed by atoms with Crippen LogP contribution < -0.4 is 26.2 Å². The van der Waals surface area contributed by atoms with Gasteiger partial charge in [-0.2, -0.15) is 0 Å². The van der Waals surface area contributed by atoms with Crippen molar-refractivity contribution in [3.63, 3.8) is 0 Å². The highest BCUT2D eigenvalue weighted by atomic mass is 19.1. The van der Waals surface area contributed by atoms with Gasteiger partial charge in [-0.25, -0.2) is 9.18 Å². The van der Waals surface area contributed by atoms with E-state index in [-0.39, 0.29) is 43.5 Å². The summed E-state index contributed by atoms with van der Waals surface area (Å²) in [4.78, 5) is 28.1. The second-order valence-corrected chi connectivity index (χ2v) is 8.63. The highest BCUT2D eigenvalue weighted by Crippen LogP contribution is 2.34. The molecule has 0 saturated heterocycles. The molecule has 2 N–H and O–H groups in total. The van der Waals surface area contributed by atoms with E-state index in [4.69, 9.17) is 4.74 Å². The standard InChI is InChI=1S/C25H29FN4O4/c1-16(2)19-7-4-5-8-20(19)34-24-27-22-21(30(24)15-17-9-11-18(26)12-10-17)23(32)29(13-6-14-31)25(33)28(22)3/h4-5,7-12,16,24,27,31H,6,13-15H2,1-3H3. The van der Waals surface area contributed by atoms with Gasteiger partial charge < -0.3 is 20.1 Å². The van der Waals surface area contributed by atoms with E-state index in [0.29, 0.717) is 11.6 Å². The number of para-hydroxylation sites is 1. The van der Waals surface area contributed by atoms with Crippen molar-refractivity contribution in [1.29, 1.82) is 0 Å². The Labute approximate surface area is 196 Å². The fourth-order valence-electron chi connectivity index (χ4n) is 4.14. The molecule has 1 aromatic heterocycles. The molecule has 1 aliphatic heterocycles. The molecule has 0 bridgehead atoms. The number of hydrogen-bond donors (Lipinski definition) is 2. The minimum atomic E-state index is -0.771. The molecular formula is C25H29FN4O4. The van der Waals surface area contributed by atoms with Crippen molar-refractivity contribution in [1.82, 2.24) is 9.13 Å². The minimum absolute atomic E-state index is 0.0986. The zero-order valence-electron chi connectivity index (χ0n) is 19.5. The molecule has 34 heavy (non-hydrogen) atoms. The van der Waals surface area contributed by atoms with Gasteiger partial charge in [0.15, 0.2) is 0 Å². The summed E-state index contributed by atoms with van der Waals surface area (Å²) in [6, 6.07) is 13.7. The average Bonchev–Trinajstić information content (AvgIpc) is 3.17.